The first-order chi connectivity index (χ1) is 9.35. The maximum Gasteiger partial charge on any atom is 0.00986 e. The van der Waals surface area contributed by atoms with Crippen molar-refractivity contribution in [2.24, 2.45) is 5.92 Å². The van der Waals surface area contributed by atoms with Crippen molar-refractivity contribution in [3.8, 4) is 0 Å². The van der Waals surface area contributed by atoms with Gasteiger partial charge in [0.1, 0.15) is 0 Å². The van der Waals surface area contributed by atoms with Crippen LogP contribution >= 0.6 is 0 Å². The molecule has 1 N–H and O–H groups in total. The van der Waals surface area contributed by atoms with E-state index < -0.39 is 0 Å². The minimum Gasteiger partial charge on any atom is -0.314 e. The average molecular weight is 257 g/mol. The Kier molecular flexibility index (Phi) is 5.65. The fourth-order valence-electron chi connectivity index (χ4n) is 3.32. The van der Waals surface area contributed by atoms with E-state index in [1.165, 1.54) is 32.1 Å². The minimum atomic E-state index is 0.679. The van der Waals surface area contributed by atoms with Crippen LogP contribution in [0.3, 0.4) is 0 Å². The first-order valence-corrected chi connectivity index (χ1v) is 7.76. The molecule has 1 aromatic rings. The average Bonchev–Trinajstić information content (AvgIpc) is 2.46. The molecule has 0 aromatic heterocycles. The summed E-state index contributed by atoms with van der Waals surface area (Å²) in [5, 5.41) is 3.71. The molecule has 0 bridgehead atoms. The van der Waals surface area contributed by atoms with Crippen LogP contribution in [0.5, 0.6) is 0 Å². The number of nitrogens with one attached hydrogen (secondary N) is 1. The van der Waals surface area contributed by atoms with Crippen molar-refractivity contribution in [3.05, 3.63) is 48.0 Å². The van der Waals surface area contributed by atoms with Crippen LogP contribution in [-0.4, -0.2) is 12.6 Å². The topological polar surface area (TPSA) is 12.0 Å². The van der Waals surface area contributed by atoms with E-state index in [4.69, 9.17) is 0 Å². The second-order valence-corrected chi connectivity index (χ2v) is 5.66. The second-order valence-electron chi connectivity index (χ2n) is 5.66. The predicted octanol–water partition coefficient (Wildman–Crippen LogP) is 4.13. The number of unbranched alkanes of at least 4 members (excludes halogenated alkanes) is 1. The molecule has 1 aliphatic rings. The summed E-state index contributed by atoms with van der Waals surface area (Å²) in [5.74, 6) is 0.805. The van der Waals surface area contributed by atoms with Gasteiger partial charge in [-0.1, -0.05) is 37.3 Å². The van der Waals surface area contributed by atoms with Crippen LogP contribution in [0.1, 0.15) is 43.7 Å². The van der Waals surface area contributed by atoms with Crippen molar-refractivity contribution in [3.63, 3.8) is 0 Å². The number of aryl methyl sites for hydroxylation is 1. The molecule has 0 aliphatic heterocycles. The minimum absolute atomic E-state index is 0.679. The van der Waals surface area contributed by atoms with E-state index in [2.05, 4.69) is 43.1 Å². The Morgan fingerprint density at radius 1 is 1.37 bits per heavy atom. The number of rotatable bonds is 7. The molecule has 0 heterocycles. The molecule has 104 valence electrons. The third-order valence-electron chi connectivity index (χ3n) is 4.34. The second kappa shape index (κ2) is 7.49. The Hall–Kier alpha value is -1.08. The SMILES string of the molecule is C=CCCCC(NCC)C1CCc2ccccc2C1. The number of hydrogen-bond donors (Lipinski definition) is 1. The molecule has 19 heavy (non-hydrogen) atoms. The van der Waals surface area contributed by atoms with Gasteiger partial charge in [0.25, 0.3) is 0 Å². The number of benzene rings is 1. The highest BCUT2D eigenvalue weighted by Gasteiger charge is 2.25. The summed E-state index contributed by atoms with van der Waals surface area (Å²) in [4.78, 5) is 0. The number of hydrogen-bond acceptors (Lipinski definition) is 1. The van der Waals surface area contributed by atoms with Gasteiger partial charge in [-0.15, -0.1) is 6.58 Å². The maximum absolute atomic E-state index is 3.83. The molecule has 1 aromatic carbocycles. The van der Waals surface area contributed by atoms with E-state index in [-0.39, 0.29) is 0 Å². The zero-order valence-electron chi connectivity index (χ0n) is 12.2. The molecule has 0 amide bonds. The van der Waals surface area contributed by atoms with Crippen molar-refractivity contribution >= 4 is 0 Å². The summed E-state index contributed by atoms with van der Waals surface area (Å²) in [6, 6.07) is 9.64. The Morgan fingerprint density at radius 2 is 2.16 bits per heavy atom. The van der Waals surface area contributed by atoms with Crippen LogP contribution in [0.15, 0.2) is 36.9 Å². The lowest BCUT2D eigenvalue weighted by molar-refractivity contribution is 0.305. The lowest BCUT2D eigenvalue weighted by atomic mass is 9.78. The molecule has 2 unspecified atom stereocenters. The monoisotopic (exact) mass is 257 g/mol. The molecule has 1 heteroatoms. The van der Waals surface area contributed by atoms with Gasteiger partial charge in [-0.2, -0.15) is 0 Å². The molecule has 0 saturated heterocycles. The summed E-state index contributed by atoms with van der Waals surface area (Å²) in [5.41, 5.74) is 3.14. The quantitative estimate of drug-likeness (QED) is 0.572. The van der Waals surface area contributed by atoms with E-state index in [1.807, 2.05) is 6.08 Å². The highest BCUT2D eigenvalue weighted by molar-refractivity contribution is 5.30. The third kappa shape index (κ3) is 3.94. The van der Waals surface area contributed by atoms with Gasteiger partial charge in [0.2, 0.25) is 0 Å². The van der Waals surface area contributed by atoms with Crippen LogP contribution in [0.25, 0.3) is 0 Å². The van der Waals surface area contributed by atoms with Gasteiger partial charge in [0, 0.05) is 6.04 Å². The molecule has 0 spiro atoms. The van der Waals surface area contributed by atoms with Crippen LogP contribution in [0.2, 0.25) is 0 Å². The predicted molar refractivity (Wildman–Crippen MR) is 83.5 cm³/mol. The van der Waals surface area contributed by atoms with E-state index in [9.17, 15) is 0 Å². The van der Waals surface area contributed by atoms with Gasteiger partial charge in [-0.3, -0.25) is 0 Å². The summed E-state index contributed by atoms with van der Waals surface area (Å²) < 4.78 is 0. The molecule has 0 radical (unpaired) electrons. The van der Waals surface area contributed by atoms with Crippen LogP contribution in [-0.2, 0) is 12.8 Å². The zero-order valence-corrected chi connectivity index (χ0v) is 12.2. The van der Waals surface area contributed by atoms with Gasteiger partial charge in [-0.05, 0) is 62.1 Å². The maximum atomic E-state index is 3.83. The van der Waals surface area contributed by atoms with Crippen molar-refractivity contribution in [1.82, 2.24) is 5.32 Å². The molecule has 2 rings (SSSR count). The van der Waals surface area contributed by atoms with Gasteiger partial charge in [0.05, 0.1) is 0 Å². The van der Waals surface area contributed by atoms with E-state index in [0.717, 1.165) is 18.9 Å². The molecule has 0 fully saturated rings. The number of fused-ring (bicyclic) bond motifs is 1. The van der Waals surface area contributed by atoms with Crippen molar-refractivity contribution < 1.29 is 0 Å². The highest BCUT2D eigenvalue weighted by atomic mass is 14.9. The molecule has 1 nitrogen and oxygen atoms in total. The molecule has 1 aliphatic carbocycles. The Morgan fingerprint density at radius 3 is 2.89 bits per heavy atom. The standard InChI is InChI=1S/C18H27N/c1-3-5-6-11-18(19-4-2)17-13-12-15-9-7-8-10-16(15)14-17/h3,7-10,17-19H,1,4-6,11-14H2,2H3. The summed E-state index contributed by atoms with van der Waals surface area (Å²) in [7, 11) is 0. The van der Waals surface area contributed by atoms with Crippen LogP contribution < -0.4 is 5.32 Å². The summed E-state index contributed by atoms with van der Waals surface area (Å²) in [6.45, 7) is 7.13. The summed E-state index contributed by atoms with van der Waals surface area (Å²) in [6.07, 6.45) is 9.57. The first kappa shape index (κ1) is 14.3. The van der Waals surface area contributed by atoms with Crippen molar-refractivity contribution in [1.29, 1.82) is 0 Å². The fraction of sp³-hybridized carbons (Fsp3) is 0.556. The van der Waals surface area contributed by atoms with Gasteiger partial charge in [0.15, 0.2) is 0 Å². The van der Waals surface area contributed by atoms with Crippen molar-refractivity contribution in [2.45, 2.75) is 51.5 Å². The summed E-state index contributed by atoms with van der Waals surface area (Å²) >= 11 is 0. The Labute approximate surface area is 118 Å². The van der Waals surface area contributed by atoms with Gasteiger partial charge >= 0.3 is 0 Å². The zero-order chi connectivity index (χ0) is 13.5. The number of allylic oxidation sites excluding steroid dienone is 1. The van der Waals surface area contributed by atoms with Crippen LogP contribution in [0, 0.1) is 5.92 Å². The molecule has 0 saturated carbocycles. The molecular weight excluding hydrogens is 230 g/mol. The van der Waals surface area contributed by atoms with E-state index in [0.29, 0.717) is 6.04 Å². The smallest absolute Gasteiger partial charge is 0.00986 e. The lowest BCUT2D eigenvalue weighted by Gasteiger charge is -2.32. The molecule has 2 atom stereocenters. The Balaban J connectivity index is 1.97. The molecular formula is C18H27N. The van der Waals surface area contributed by atoms with Crippen LogP contribution in [0.4, 0.5) is 0 Å². The van der Waals surface area contributed by atoms with Gasteiger partial charge in [-0.25, -0.2) is 0 Å². The highest BCUT2D eigenvalue weighted by Crippen LogP contribution is 2.29. The lowest BCUT2D eigenvalue weighted by Crippen LogP contribution is -2.38. The largest absolute Gasteiger partial charge is 0.314 e. The third-order valence-corrected chi connectivity index (χ3v) is 4.34. The Bertz CT molecular complexity index is 396. The van der Waals surface area contributed by atoms with E-state index >= 15 is 0 Å². The van der Waals surface area contributed by atoms with E-state index in [1.54, 1.807) is 11.1 Å². The fourth-order valence-corrected chi connectivity index (χ4v) is 3.32. The first-order valence-electron chi connectivity index (χ1n) is 7.76. The van der Waals surface area contributed by atoms with Gasteiger partial charge < -0.3 is 5.32 Å². The normalized spacial score (nSPS) is 19.7. The van der Waals surface area contributed by atoms with Crippen molar-refractivity contribution in [2.75, 3.05) is 6.54 Å².